The van der Waals surface area contributed by atoms with Crippen LogP contribution >= 0.6 is 0 Å². The number of hydrogen-bond acceptors (Lipinski definition) is 1. The lowest BCUT2D eigenvalue weighted by molar-refractivity contribution is -0.00789. The quantitative estimate of drug-likeness (QED) is 0.697. The zero-order valence-corrected chi connectivity index (χ0v) is 8.25. The van der Waals surface area contributed by atoms with Gasteiger partial charge in [-0.1, -0.05) is 38.1 Å². The first-order valence-corrected chi connectivity index (χ1v) is 4.99. The molecule has 2 rings (SSSR count). The maximum Gasteiger partial charge on any atom is 0.0925 e. The molecule has 0 radical (unpaired) electrons. The Balaban J connectivity index is 2.52. The van der Waals surface area contributed by atoms with Crippen molar-refractivity contribution in [1.29, 1.82) is 0 Å². The van der Waals surface area contributed by atoms with E-state index < -0.39 is 5.60 Å². The Morgan fingerprint density at radius 1 is 1.46 bits per heavy atom. The van der Waals surface area contributed by atoms with Gasteiger partial charge in [-0.25, -0.2) is 0 Å². The smallest absolute Gasteiger partial charge is 0.0925 e. The van der Waals surface area contributed by atoms with Crippen molar-refractivity contribution in [1.82, 2.24) is 0 Å². The Bertz CT molecular complexity index is 319. The summed E-state index contributed by atoms with van der Waals surface area (Å²) in [5.74, 6) is 0.356. The van der Waals surface area contributed by atoms with E-state index in [0.29, 0.717) is 5.92 Å². The van der Waals surface area contributed by atoms with Gasteiger partial charge in [-0.15, -0.1) is 0 Å². The molecule has 0 fully saturated rings. The summed E-state index contributed by atoms with van der Waals surface area (Å²) < 4.78 is 0. The van der Waals surface area contributed by atoms with E-state index in [2.05, 4.69) is 26.0 Å². The minimum absolute atomic E-state index is 0.356. The van der Waals surface area contributed by atoms with E-state index in [1.807, 2.05) is 12.1 Å². The van der Waals surface area contributed by atoms with Gasteiger partial charge in [-0.05, 0) is 29.9 Å². The number of hydrogen-bond donors (Lipinski definition) is 1. The van der Waals surface area contributed by atoms with Crippen LogP contribution in [0.25, 0.3) is 0 Å². The molecule has 1 aliphatic carbocycles. The van der Waals surface area contributed by atoms with Gasteiger partial charge >= 0.3 is 0 Å². The molecule has 1 N–H and O–H groups in total. The SMILES string of the molecule is CCC1(O)c2ccccc2CC1C. The molecular weight excluding hydrogens is 160 g/mol. The van der Waals surface area contributed by atoms with Gasteiger partial charge in [0.2, 0.25) is 0 Å². The number of aliphatic hydroxyl groups is 1. The van der Waals surface area contributed by atoms with Crippen LogP contribution in [0.1, 0.15) is 31.4 Å². The second-order valence-corrected chi connectivity index (χ2v) is 4.04. The van der Waals surface area contributed by atoms with Gasteiger partial charge in [0.15, 0.2) is 0 Å². The molecule has 0 heterocycles. The summed E-state index contributed by atoms with van der Waals surface area (Å²) in [6, 6.07) is 8.24. The summed E-state index contributed by atoms with van der Waals surface area (Å²) in [5.41, 5.74) is 1.89. The Morgan fingerprint density at radius 2 is 2.15 bits per heavy atom. The molecule has 0 amide bonds. The van der Waals surface area contributed by atoms with Crippen molar-refractivity contribution in [2.24, 2.45) is 5.92 Å². The third-order valence-electron chi connectivity index (χ3n) is 3.36. The van der Waals surface area contributed by atoms with E-state index in [1.165, 1.54) is 5.56 Å². The van der Waals surface area contributed by atoms with E-state index in [-0.39, 0.29) is 0 Å². The highest BCUT2D eigenvalue weighted by molar-refractivity contribution is 5.38. The molecule has 1 aromatic carbocycles. The fraction of sp³-hybridized carbons (Fsp3) is 0.500. The molecule has 0 aliphatic heterocycles. The Kier molecular flexibility index (Phi) is 1.92. The summed E-state index contributed by atoms with van der Waals surface area (Å²) in [6.07, 6.45) is 1.83. The van der Waals surface area contributed by atoms with Crippen LogP contribution in [0.4, 0.5) is 0 Å². The summed E-state index contributed by atoms with van der Waals surface area (Å²) >= 11 is 0. The number of fused-ring (bicyclic) bond motifs is 1. The predicted octanol–water partition coefficient (Wildman–Crippen LogP) is 2.48. The molecule has 2 unspecified atom stereocenters. The largest absolute Gasteiger partial charge is 0.385 e. The highest BCUT2D eigenvalue weighted by Crippen LogP contribution is 2.43. The summed E-state index contributed by atoms with van der Waals surface area (Å²) in [5, 5.41) is 10.4. The third kappa shape index (κ3) is 1.11. The standard InChI is InChI=1S/C12H16O/c1-3-12(13)9(2)8-10-6-4-5-7-11(10)12/h4-7,9,13H,3,8H2,1-2H3. The van der Waals surface area contributed by atoms with Gasteiger partial charge in [0.1, 0.15) is 0 Å². The first-order chi connectivity index (χ1) is 6.18. The van der Waals surface area contributed by atoms with E-state index in [1.54, 1.807) is 0 Å². The van der Waals surface area contributed by atoms with Crippen LogP contribution in [0.5, 0.6) is 0 Å². The molecule has 2 atom stereocenters. The van der Waals surface area contributed by atoms with Gasteiger partial charge in [0.25, 0.3) is 0 Å². The fourth-order valence-corrected chi connectivity index (χ4v) is 2.42. The maximum absolute atomic E-state index is 10.4. The minimum atomic E-state index is -0.573. The lowest BCUT2D eigenvalue weighted by Crippen LogP contribution is -2.28. The molecule has 70 valence electrons. The van der Waals surface area contributed by atoms with Crippen LogP contribution < -0.4 is 0 Å². The monoisotopic (exact) mass is 176 g/mol. The van der Waals surface area contributed by atoms with Crippen LogP contribution in [0.15, 0.2) is 24.3 Å². The van der Waals surface area contributed by atoms with Crippen LogP contribution in [0.2, 0.25) is 0 Å². The summed E-state index contributed by atoms with van der Waals surface area (Å²) in [6.45, 7) is 4.18. The van der Waals surface area contributed by atoms with Crippen molar-refractivity contribution >= 4 is 0 Å². The van der Waals surface area contributed by atoms with Crippen molar-refractivity contribution < 1.29 is 5.11 Å². The molecule has 1 heteroatoms. The molecule has 0 bridgehead atoms. The van der Waals surface area contributed by atoms with Gasteiger partial charge in [-0.2, -0.15) is 0 Å². The van der Waals surface area contributed by atoms with Crippen molar-refractivity contribution in [3.63, 3.8) is 0 Å². The van der Waals surface area contributed by atoms with Crippen LogP contribution in [0, 0.1) is 5.92 Å². The topological polar surface area (TPSA) is 20.2 Å². The molecule has 0 spiro atoms. The lowest BCUT2D eigenvalue weighted by Gasteiger charge is -2.27. The first kappa shape index (κ1) is 8.76. The molecular formula is C12H16O. The zero-order chi connectivity index (χ0) is 9.47. The zero-order valence-electron chi connectivity index (χ0n) is 8.25. The molecule has 1 aromatic rings. The second-order valence-electron chi connectivity index (χ2n) is 4.04. The van der Waals surface area contributed by atoms with Gasteiger partial charge in [-0.3, -0.25) is 0 Å². The third-order valence-corrected chi connectivity index (χ3v) is 3.36. The van der Waals surface area contributed by atoms with Crippen molar-refractivity contribution in [2.75, 3.05) is 0 Å². The van der Waals surface area contributed by atoms with E-state index >= 15 is 0 Å². The maximum atomic E-state index is 10.4. The molecule has 0 aromatic heterocycles. The van der Waals surface area contributed by atoms with Crippen molar-refractivity contribution in [3.8, 4) is 0 Å². The fourth-order valence-electron chi connectivity index (χ4n) is 2.42. The van der Waals surface area contributed by atoms with Crippen molar-refractivity contribution in [3.05, 3.63) is 35.4 Å². The minimum Gasteiger partial charge on any atom is -0.385 e. The molecule has 0 saturated carbocycles. The summed E-state index contributed by atoms with van der Waals surface area (Å²) in [7, 11) is 0. The van der Waals surface area contributed by atoms with Gasteiger partial charge in [0, 0.05) is 0 Å². The van der Waals surface area contributed by atoms with Gasteiger partial charge < -0.3 is 5.11 Å². The van der Waals surface area contributed by atoms with Crippen LogP contribution in [0.3, 0.4) is 0 Å². The van der Waals surface area contributed by atoms with Crippen LogP contribution in [-0.4, -0.2) is 5.11 Å². The highest BCUT2D eigenvalue weighted by Gasteiger charge is 2.40. The molecule has 13 heavy (non-hydrogen) atoms. The van der Waals surface area contributed by atoms with Crippen molar-refractivity contribution in [2.45, 2.75) is 32.3 Å². The molecule has 1 nitrogen and oxygen atoms in total. The normalized spacial score (nSPS) is 31.8. The lowest BCUT2D eigenvalue weighted by atomic mass is 9.86. The summed E-state index contributed by atoms with van der Waals surface area (Å²) in [4.78, 5) is 0. The first-order valence-electron chi connectivity index (χ1n) is 4.99. The Hall–Kier alpha value is -0.820. The second kappa shape index (κ2) is 2.85. The van der Waals surface area contributed by atoms with E-state index in [4.69, 9.17) is 0 Å². The average Bonchev–Trinajstić information content (AvgIpc) is 2.41. The molecule has 0 saturated heterocycles. The van der Waals surface area contributed by atoms with Gasteiger partial charge in [0.05, 0.1) is 5.60 Å². The highest BCUT2D eigenvalue weighted by atomic mass is 16.3. The Morgan fingerprint density at radius 3 is 2.85 bits per heavy atom. The van der Waals surface area contributed by atoms with E-state index in [0.717, 1.165) is 18.4 Å². The number of rotatable bonds is 1. The number of benzene rings is 1. The van der Waals surface area contributed by atoms with Crippen LogP contribution in [-0.2, 0) is 12.0 Å². The predicted molar refractivity (Wildman–Crippen MR) is 53.5 cm³/mol. The average molecular weight is 176 g/mol. The molecule has 1 aliphatic rings. The Labute approximate surface area is 79.4 Å². The van der Waals surface area contributed by atoms with E-state index in [9.17, 15) is 5.11 Å².